The summed E-state index contributed by atoms with van der Waals surface area (Å²) in [5.41, 5.74) is 4.15. The molecule has 1 aliphatic heterocycles. The van der Waals surface area contributed by atoms with Gasteiger partial charge in [-0.15, -0.1) is 11.6 Å². The minimum absolute atomic E-state index is 0.0119. The maximum Gasteiger partial charge on any atom is 0.274 e. The van der Waals surface area contributed by atoms with Crippen molar-refractivity contribution in [3.8, 4) is 5.75 Å². The van der Waals surface area contributed by atoms with Gasteiger partial charge in [-0.05, 0) is 34.7 Å². The van der Waals surface area contributed by atoms with Gasteiger partial charge in [-0.1, -0.05) is 43.0 Å². The van der Waals surface area contributed by atoms with E-state index in [-0.39, 0.29) is 17.6 Å². The van der Waals surface area contributed by atoms with Crippen LogP contribution in [0.2, 0.25) is 0 Å². The van der Waals surface area contributed by atoms with Crippen molar-refractivity contribution in [2.24, 2.45) is 0 Å². The molecule has 4 nitrogen and oxygen atoms in total. The molecule has 1 aromatic heterocycles. The first-order valence-corrected chi connectivity index (χ1v) is 10.0. The van der Waals surface area contributed by atoms with Gasteiger partial charge in [-0.2, -0.15) is 0 Å². The summed E-state index contributed by atoms with van der Waals surface area (Å²) in [6.07, 6.45) is 1.78. The molecule has 2 N–H and O–H groups in total. The molecule has 1 unspecified atom stereocenters. The number of fused-ring (bicyclic) bond motifs is 4. The summed E-state index contributed by atoms with van der Waals surface area (Å²) < 4.78 is 0. The largest absolute Gasteiger partial charge is 0.507 e. The topological polar surface area (TPSA) is 56.3 Å². The minimum Gasteiger partial charge on any atom is -0.507 e. The molecule has 0 saturated carbocycles. The van der Waals surface area contributed by atoms with Crippen LogP contribution < -0.4 is 4.90 Å². The van der Waals surface area contributed by atoms with Gasteiger partial charge in [0.05, 0.1) is 5.69 Å². The molecule has 2 heterocycles. The molecular formula is C24H19ClN2O2. The maximum absolute atomic E-state index is 13.4. The Morgan fingerprint density at radius 3 is 2.76 bits per heavy atom. The van der Waals surface area contributed by atoms with Crippen LogP contribution in [0.5, 0.6) is 5.75 Å². The Morgan fingerprint density at radius 2 is 2.00 bits per heavy atom. The first-order valence-electron chi connectivity index (χ1n) is 9.48. The lowest BCUT2D eigenvalue weighted by Crippen LogP contribution is -2.30. The molecule has 1 atom stereocenters. The van der Waals surface area contributed by atoms with Crippen LogP contribution in [0.4, 0.5) is 5.69 Å². The third kappa shape index (κ3) is 2.71. The van der Waals surface area contributed by atoms with Crippen molar-refractivity contribution in [3.63, 3.8) is 0 Å². The van der Waals surface area contributed by atoms with Crippen LogP contribution in [-0.4, -0.2) is 28.4 Å². The summed E-state index contributed by atoms with van der Waals surface area (Å²) in [6, 6.07) is 17.1. The Kier molecular flexibility index (Phi) is 4.10. The molecule has 144 valence electrons. The maximum atomic E-state index is 13.4. The molecule has 1 amide bonds. The number of nitrogens with one attached hydrogen (secondary N) is 1. The average molecular weight is 403 g/mol. The van der Waals surface area contributed by atoms with Crippen molar-refractivity contribution in [1.29, 1.82) is 0 Å². The number of hydrogen-bond acceptors (Lipinski definition) is 2. The van der Waals surface area contributed by atoms with E-state index in [0.29, 0.717) is 18.1 Å². The molecule has 0 radical (unpaired) electrons. The zero-order chi connectivity index (χ0) is 20.1. The highest BCUT2D eigenvalue weighted by atomic mass is 35.5. The molecule has 4 aromatic rings. The van der Waals surface area contributed by atoms with Crippen molar-refractivity contribution in [1.82, 2.24) is 4.98 Å². The van der Waals surface area contributed by atoms with Gasteiger partial charge in [0.1, 0.15) is 11.4 Å². The van der Waals surface area contributed by atoms with Crippen molar-refractivity contribution >= 4 is 50.9 Å². The Bertz CT molecular complexity index is 1290. The van der Waals surface area contributed by atoms with Crippen molar-refractivity contribution < 1.29 is 9.90 Å². The van der Waals surface area contributed by atoms with Gasteiger partial charge in [0.15, 0.2) is 0 Å². The van der Waals surface area contributed by atoms with Gasteiger partial charge in [-0.25, -0.2) is 0 Å². The standard InChI is InChI=1S/C24H19ClN2O2/c1-2-14-7-8-19-15(9-14)10-20(26-19)24(29)27-13-16(12-25)23-18-6-4-3-5-17(18)22(28)11-21(23)27/h2-11,16,26,28H,1,12-13H2. The van der Waals surface area contributed by atoms with Crippen LogP contribution in [0.3, 0.4) is 0 Å². The fourth-order valence-corrected chi connectivity index (χ4v) is 4.54. The summed E-state index contributed by atoms with van der Waals surface area (Å²) in [5.74, 6) is 0.448. The summed E-state index contributed by atoms with van der Waals surface area (Å²) in [5, 5.41) is 13.2. The van der Waals surface area contributed by atoms with E-state index < -0.39 is 0 Å². The number of aromatic amines is 1. The lowest BCUT2D eigenvalue weighted by molar-refractivity contribution is 0.0984. The lowest BCUT2D eigenvalue weighted by Gasteiger charge is -2.17. The highest BCUT2D eigenvalue weighted by Gasteiger charge is 2.35. The number of carbonyl (C=O) groups is 1. The number of phenols is 1. The van der Waals surface area contributed by atoms with Crippen LogP contribution in [0, 0.1) is 0 Å². The molecule has 0 saturated heterocycles. The van der Waals surface area contributed by atoms with Crippen molar-refractivity contribution in [2.45, 2.75) is 5.92 Å². The van der Waals surface area contributed by atoms with Gasteiger partial charge in [0, 0.05) is 40.7 Å². The number of benzene rings is 3. The summed E-state index contributed by atoms with van der Waals surface area (Å²) in [7, 11) is 0. The van der Waals surface area contributed by atoms with E-state index in [1.54, 1.807) is 17.0 Å². The summed E-state index contributed by atoms with van der Waals surface area (Å²) in [4.78, 5) is 18.3. The van der Waals surface area contributed by atoms with Gasteiger partial charge < -0.3 is 15.0 Å². The second-order valence-electron chi connectivity index (χ2n) is 7.37. The number of nitrogens with zero attached hydrogens (tertiary/aromatic N) is 1. The zero-order valence-corrected chi connectivity index (χ0v) is 16.4. The number of alkyl halides is 1. The summed E-state index contributed by atoms with van der Waals surface area (Å²) >= 11 is 6.27. The molecule has 0 spiro atoms. The van der Waals surface area contributed by atoms with E-state index in [4.69, 9.17) is 11.6 Å². The third-order valence-electron chi connectivity index (χ3n) is 5.69. The van der Waals surface area contributed by atoms with E-state index in [2.05, 4.69) is 11.6 Å². The third-order valence-corrected chi connectivity index (χ3v) is 6.06. The Morgan fingerprint density at radius 1 is 1.21 bits per heavy atom. The first-order chi connectivity index (χ1) is 14.1. The van der Waals surface area contributed by atoms with E-state index >= 15 is 0 Å². The number of halogens is 1. The van der Waals surface area contributed by atoms with E-state index in [1.807, 2.05) is 48.5 Å². The monoisotopic (exact) mass is 402 g/mol. The molecule has 1 aliphatic rings. The van der Waals surface area contributed by atoms with Crippen LogP contribution in [-0.2, 0) is 0 Å². The number of H-pyrrole nitrogens is 1. The molecule has 0 fully saturated rings. The second-order valence-corrected chi connectivity index (χ2v) is 7.68. The van der Waals surface area contributed by atoms with Gasteiger partial charge in [0.25, 0.3) is 5.91 Å². The molecule has 0 aliphatic carbocycles. The van der Waals surface area contributed by atoms with Gasteiger partial charge in [0.2, 0.25) is 0 Å². The number of hydrogen-bond donors (Lipinski definition) is 2. The minimum atomic E-state index is -0.134. The molecule has 5 rings (SSSR count). The van der Waals surface area contributed by atoms with Crippen molar-refractivity contribution in [2.75, 3.05) is 17.3 Å². The molecule has 29 heavy (non-hydrogen) atoms. The SMILES string of the molecule is C=Cc1ccc2[nH]c(C(=O)N3CC(CCl)c4c3cc(O)c3ccccc43)cc2c1. The molecular weight excluding hydrogens is 384 g/mol. The summed E-state index contributed by atoms with van der Waals surface area (Å²) in [6.45, 7) is 4.28. The van der Waals surface area contributed by atoms with Gasteiger partial charge >= 0.3 is 0 Å². The van der Waals surface area contributed by atoms with Crippen LogP contribution >= 0.6 is 11.6 Å². The van der Waals surface area contributed by atoms with Crippen LogP contribution in [0.15, 0.2) is 61.2 Å². The van der Waals surface area contributed by atoms with Crippen LogP contribution in [0.1, 0.15) is 27.5 Å². The number of carbonyl (C=O) groups excluding carboxylic acids is 1. The highest BCUT2D eigenvalue weighted by molar-refractivity contribution is 6.19. The van der Waals surface area contributed by atoms with E-state index in [1.165, 1.54) is 0 Å². The Hall–Kier alpha value is -3.24. The normalized spacial score (nSPS) is 15.8. The lowest BCUT2D eigenvalue weighted by atomic mass is 9.95. The number of aromatic nitrogens is 1. The fourth-order valence-electron chi connectivity index (χ4n) is 4.28. The Labute approximate surface area is 173 Å². The average Bonchev–Trinajstić information content (AvgIpc) is 3.34. The first kappa shape index (κ1) is 17.8. The second kappa shape index (κ2) is 6.68. The van der Waals surface area contributed by atoms with Crippen molar-refractivity contribution in [3.05, 3.63) is 78.0 Å². The number of aromatic hydroxyl groups is 1. The number of anilines is 1. The predicted molar refractivity (Wildman–Crippen MR) is 119 cm³/mol. The number of amides is 1. The Balaban J connectivity index is 1.63. The molecule has 5 heteroatoms. The quantitative estimate of drug-likeness (QED) is 0.435. The highest BCUT2D eigenvalue weighted by Crippen LogP contribution is 2.45. The number of phenolic OH excluding ortho intramolecular Hbond substituents is 1. The molecule has 3 aromatic carbocycles. The molecule has 0 bridgehead atoms. The van der Waals surface area contributed by atoms with Crippen LogP contribution in [0.25, 0.3) is 27.8 Å². The fraction of sp³-hybridized carbons (Fsp3) is 0.125. The zero-order valence-electron chi connectivity index (χ0n) is 15.7. The van der Waals surface area contributed by atoms with E-state index in [9.17, 15) is 9.90 Å². The number of rotatable bonds is 3. The smallest absolute Gasteiger partial charge is 0.274 e. The van der Waals surface area contributed by atoms with E-state index in [0.717, 1.165) is 38.5 Å². The van der Waals surface area contributed by atoms with Gasteiger partial charge in [-0.3, -0.25) is 4.79 Å². The predicted octanol–water partition coefficient (Wildman–Crippen LogP) is 5.65.